The third kappa shape index (κ3) is 3.52. The average molecular weight is 317 g/mol. The molecule has 1 aliphatic rings. The number of nitrogens with one attached hydrogen (secondary N) is 1. The van der Waals surface area contributed by atoms with Gasteiger partial charge in [-0.15, -0.1) is 0 Å². The minimum Gasteiger partial charge on any atom is -0.481 e. The van der Waals surface area contributed by atoms with Crippen molar-refractivity contribution in [3.63, 3.8) is 0 Å². The van der Waals surface area contributed by atoms with Crippen LogP contribution >= 0.6 is 0 Å². The largest absolute Gasteiger partial charge is 0.481 e. The first-order chi connectivity index (χ1) is 11.1. The van der Waals surface area contributed by atoms with Gasteiger partial charge in [0, 0.05) is 24.7 Å². The predicted octanol–water partition coefficient (Wildman–Crippen LogP) is 2.64. The summed E-state index contributed by atoms with van der Waals surface area (Å²) in [6.07, 6.45) is 3.77. The number of para-hydroxylation sites is 1. The quantitative estimate of drug-likeness (QED) is 0.943. The summed E-state index contributed by atoms with van der Waals surface area (Å²) in [5.74, 6) is -0.192. The summed E-state index contributed by atoms with van der Waals surface area (Å²) in [5, 5.41) is 7.09. The van der Waals surface area contributed by atoms with Gasteiger partial charge in [0.25, 0.3) is 5.91 Å². The number of piperidine rings is 1. The maximum atomic E-state index is 13.5. The number of carbonyl (C=O) groups is 1. The Kier molecular flexibility index (Phi) is 4.60. The van der Waals surface area contributed by atoms with Gasteiger partial charge in [0.1, 0.15) is 0 Å². The standard InChI is InChI=1S/C17H20FN3O2/c1-12-9-19-20-17(12)13-5-4-8-21(10-13)16(22)11-23-15-7-3-2-6-14(15)18/h2-3,6-7,9,13H,4-5,8,10-11H2,1H3,(H,19,20)/t13-/m1/s1. The van der Waals surface area contributed by atoms with Crippen LogP contribution < -0.4 is 4.74 Å². The summed E-state index contributed by atoms with van der Waals surface area (Å²) in [7, 11) is 0. The molecule has 122 valence electrons. The molecule has 2 heterocycles. The molecule has 0 aliphatic carbocycles. The number of amides is 1. The molecule has 2 aromatic rings. The van der Waals surface area contributed by atoms with Crippen molar-refractivity contribution >= 4 is 5.91 Å². The number of hydrogen-bond acceptors (Lipinski definition) is 3. The van der Waals surface area contributed by atoms with Gasteiger partial charge in [0.2, 0.25) is 0 Å². The van der Waals surface area contributed by atoms with Crippen LogP contribution in [0.3, 0.4) is 0 Å². The van der Waals surface area contributed by atoms with E-state index in [0.717, 1.165) is 24.1 Å². The van der Waals surface area contributed by atoms with Gasteiger partial charge < -0.3 is 9.64 Å². The fourth-order valence-corrected chi connectivity index (χ4v) is 3.00. The van der Waals surface area contributed by atoms with Crippen LogP contribution in [-0.2, 0) is 4.79 Å². The molecule has 3 rings (SSSR count). The van der Waals surface area contributed by atoms with Gasteiger partial charge in [-0.2, -0.15) is 5.10 Å². The summed E-state index contributed by atoms with van der Waals surface area (Å²) < 4.78 is 18.8. The predicted molar refractivity (Wildman–Crippen MR) is 83.8 cm³/mol. The zero-order valence-corrected chi connectivity index (χ0v) is 13.1. The molecule has 6 heteroatoms. The monoisotopic (exact) mass is 317 g/mol. The Morgan fingerprint density at radius 2 is 2.30 bits per heavy atom. The molecule has 1 amide bonds. The molecule has 1 aromatic heterocycles. The maximum absolute atomic E-state index is 13.5. The summed E-state index contributed by atoms with van der Waals surface area (Å²) in [6, 6.07) is 6.11. The molecule has 0 saturated carbocycles. The molecular formula is C17H20FN3O2. The molecule has 23 heavy (non-hydrogen) atoms. The first kappa shape index (κ1) is 15.5. The number of aromatic nitrogens is 2. The van der Waals surface area contributed by atoms with Crippen LogP contribution in [-0.4, -0.2) is 40.7 Å². The molecule has 5 nitrogen and oxygen atoms in total. The van der Waals surface area contributed by atoms with Crippen LogP contribution in [0.2, 0.25) is 0 Å². The molecule has 1 fully saturated rings. The molecule has 0 unspecified atom stereocenters. The third-order valence-corrected chi connectivity index (χ3v) is 4.24. The highest BCUT2D eigenvalue weighted by Crippen LogP contribution is 2.27. The second-order valence-electron chi connectivity index (χ2n) is 5.86. The zero-order chi connectivity index (χ0) is 16.2. The number of aromatic amines is 1. The Morgan fingerprint density at radius 3 is 3.04 bits per heavy atom. The fourth-order valence-electron chi connectivity index (χ4n) is 3.00. The molecule has 0 bridgehead atoms. The Hall–Kier alpha value is -2.37. The Morgan fingerprint density at radius 1 is 1.48 bits per heavy atom. The van der Waals surface area contributed by atoms with Crippen LogP contribution in [0.4, 0.5) is 4.39 Å². The van der Waals surface area contributed by atoms with Gasteiger partial charge in [-0.25, -0.2) is 4.39 Å². The molecular weight excluding hydrogens is 297 g/mol. The van der Waals surface area contributed by atoms with Crippen molar-refractivity contribution in [2.45, 2.75) is 25.7 Å². The Bertz CT molecular complexity index is 686. The van der Waals surface area contributed by atoms with Crippen molar-refractivity contribution in [1.82, 2.24) is 15.1 Å². The first-order valence-electron chi connectivity index (χ1n) is 7.80. The van der Waals surface area contributed by atoms with Crippen LogP contribution in [0, 0.1) is 12.7 Å². The van der Waals surface area contributed by atoms with Crippen molar-refractivity contribution in [3.8, 4) is 5.75 Å². The number of benzene rings is 1. The van der Waals surface area contributed by atoms with Gasteiger partial charge in [-0.1, -0.05) is 12.1 Å². The van der Waals surface area contributed by atoms with Gasteiger partial charge in [-0.3, -0.25) is 9.89 Å². The smallest absolute Gasteiger partial charge is 0.260 e. The lowest BCUT2D eigenvalue weighted by Crippen LogP contribution is -2.41. The molecule has 0 radical (unpaired) electrons. The lowest BCUT2D eigenvalue weighted by Gasteiger charge is -2.32. The average Bonchev–Trinajstić information content (AvgIpc) is 3.00. The van der Waals surface area contributed by atoms with Crippen molar-refractivity contribution in [3.05, 3.63) is 47.5 Å². The van der Waals surface area contributed by atoms with Crippen molar-refractivity contribution in [1.29, 1.82) is 0 Å². The van der Waals surface area contributed by atoms with E-state index in [4.69, 9.17) is 4.74 Å². The van der Waals surface area contributed by atoms with Gasteiger partial charge >= 0.3 is 0 Å². The maximum Gasteiger partial charge on any atom is 0.260 e. The van der Waals surface area contributed by atoms with Crippen LogP contribution in [0.15, 0.2) is 30.5 Å². The highest BCUT2D eigenvalue weighted by molar-refractivity contribution is 5.78. The number of likely N-dealkylation sites (tertiary alicyclic amines) is 1. The second-order valence-corrected chi connectivity index (χ2v) is 5.86. The highest BCUT2D eigenvalue weighted by Gasteiger charge is 2.26. The van der Waals surface area contributed by atoms with E-state index in [2.05, 4.69) is 10.2 Å². The molecule has 1 saturated heterocycles. The van der Waals surface area contributed by atoms with E-state index in [-0.39, 0.29) is 24.2 Å². The van der Waals surface area contributed by atoms with Gasteiger partial charge in [-0.05, 0) is 37.5 Å². The number of carbonyl (C=O) groups excluding carboxylic acids is 1. The number of H-pyrrole nitrogens is 1. The summed E-state index contributed by atoms with van der Waals surface area (Å²) in [4.78, 5) is 14.1. The van der Waals surface area contributed by atoms with Crippen molar-refractivity contribution in [2.75, 3.05) is 19.7 Å². The minimum absolute atomic E-state index is 0.110. The highest BCUT2D eigenvalue weighted by atomic mass is 19.1. The number of aryl methyl sites for hydroxylation is 1. The molecule has 1 atom stereocenters. The topological polar surface area (TPSA) is 58.2 Å². The number of rotatable bonds is 4. The minimum atomic E-state index is -0.454. The molecule has 0 spiro atoms. The molecule has 1 aromatic carbocycles. The van der Waals surface area contributed by atoms with Crippen LogP contribution in [0.5, 0.6) is 5.75 Å². The SMILES string of the molecule is Cc1cn[nH]c1[C@@H]1CCCN(C(=O)COc2ccccc2F)C1. The van der Waals surface area contributed by atoms with E-state index in [1.807, 2.05) is 6.92 Å². The Labute approximate surface area is 134 Å². The number of ether oxygens (including phenoxy) is 1. The lowest BCUT2D eigenvalue weighted by molar-refractivity contribution is -0.134. The summed E-state index contributed by atoms with van der Waals surface area (Å²) in [6.45, 7) is 3.22. The van der Waals surface area contributed by atoms with Crippen LogP contribution in [0.1, 0.15) is 30.0 Å². The lowest BCUT2D eigenvalue weighted by atomic mass is 9.93. The van der Waals surface area contributed by atoms with E-state index < -0.39 is 5.82 Å². The number of hydrogen-bond donors (Lipinski definition) is 1. The normalized spacial score (nSPS) is 18.0. The molecule has 1 aliphatic heterocycles. The number of nitrogens with zero attached hydrogens (tertiary/aromatic N) is 2. The van der Waals surface area contributed by atoms with E-state index >= 15 is 0 Å². The third-order valence-electron chi connectivity index (χ3n) is 4.24. The molecule has 1 N–H and O–H groups in total. The number of halogens is 1. The van der Waals surface area contributed by atoms with E-state index in [1.54, 1.807) is 23.2 Å². The summed E-state index contributed by atoms with van der Waals surface area (Å²) >= 11 is 0. The van der Waals surface area contributed by atoms with E-state index in [9.17, 15) is 9.18 Å². The van der Waals surface area contributed by atoms with Gasteiger partial charge in [0.15, 0.2) is 18.2 Å². The Balaban J connectivity index is 1.59. The first-order valence-corrected chi connectivity index (χ1v) is 7.80. The van der Waals surface area contributed by atoms with Crippen LogP contribution in [0.25, 0.3) is 0 Å². The van der Waals surface area contributed by atoms with E-state index in [0.29, 0.717) is 13.1 Å². The van der Waals surface area contributed by atoms with Gasteiger partial charge in [0.05, 0.1) is 6.20 Å². The summed E-state index contributed by atoms with van der Waals surface area (Å²) in [5.41, 5.74) is 2.21. The second kappa shape index (κ2) is 6.81. The zero-order valence-electron chi connectivity index (χ0n) is 13.1. The van der Waals surface area contributed by atoms with Crippen molar-refractivity contribution in [2.24, 2.45) is 0 Å². The fraction of sp³-hybridized carbons (Fsp3) is 0.412. The van der Waals surface area contributed by atoms with Crippen molar-refractivity contribution < 1.29 is 13.9 Å². The van der Waals surface area contributed by atoms with E-state index in [1.165, 1.54) is 12.1 Å².